The fourth-order valence-corrected chi connectivity index (χ4v) is 5.12. The molecule has 0 aliphatic carbocycles. The maximum absolute atomic E-state index is 14.2. The third kappa shape index (κ3) is 4.53. The number of sulfonamides is 1. The molecule has 3 aromatic rings. The van der Waals surface area contributed by atoms with Gasteiger partial charge >= 0.3 is 0 Å². The molecule has 6 nitrogen and oxygen atoms in total. The second kappa shape index (κ2) is 9.15. The van der Waals surface area contributed by atoms with Gasteiger partial charge in [0.15, 0.2) is 0 Å². The third-order valence-corrected chi connectivity index (χ3v) is 7.72. The predicted octanol–water partition coefficient (Wildman–Crippen LogP) is 4.81. The molecule has 3 aromatic carbocycles. The quantitative estimate of drug-likeness (QED) is 0.563. The van der Waals surface area contributed by atoms with Gasteiger partial charge in [0, 0.05) is 42.6 Å². The number of anilines is 2. The topological polar surface area (TPSA) is 69.7 Å². The monoisotopic (exact) mass is 485 g/mol. The number of fused-ring (bicyclic) bond motifs is 1. The van der Waals surface area contributed by atoms with E-state index in [1.165, 1.54) is 56.6 Å². The molecule has 0 saturated heterocycles. The van der Waals surface area contributed by atoms with E-state index in [0.29, 0.717) is 23.4 Å². The molecule has 0 radical (unpaired) electrons. The van der Waals surface area contributed by atoms with Crippen molar-refractivity contribution in [1.82, 2.24) is 4.31 Å². The summed E-state index contributed by atoms with van der Waals surface area (Å²) in [5.41, 5.74) is 2.02. The fourth-order valence-electron chi connectivity index (χ4n) is 4.17. The summed E-state index contributed by atoms with van der Waals surface area (Å²) in [6.45, 7) is 1.88. The first-order valence-corrected chi connectivity index (χ1v) is 12.2. The summed E-state index contributed by atoms with van der Waals surface area (Å²) in [7, 11) is -0.861. The van der Waals surface area contributed by atoms with Crippen molar-refractivity contribution < 1.29 is 22.0 Å². The van der Waals surface area contributed by atoms with Crippen LogP contribution in [-0.2, 0) is 10.0 Å². The minimum absolute atomic E-state index is 0.0168. The molecule has 0 unspecified atom stereocenters. The number of hydrogen-bond donors (Lipinski definition) is 1. The first-order chi connectivity index (χ1) is 16.1. The van der Waals surface area contributed by atoms with Gasteiger partial charge < -0.3 is 10.2 Å². The van der Waals surface area contributed by atoms with Gasteiger partial charge in [-0.05, 0) is 74.0 Å². The van der Waals surface area contributed by atoms with Crippen LogP contribution in [-0.4, -0.2) is 38.8 Å². The van der Waals surface area contributed by atoms with Gasteiger partial charge in [0.05, 0.1) is 10.9 Å². The van der Waals surface area contributed by atoms with Crippen molar-refractivity contribution in [1.29, 1.82) is 0 Å². The van der Waals surface area contributed by atoms with Crippen LogP contribution in [0.2, 0.25) is 0 Å². The van der Waals surface area contributed by atoms with Crippen LogP contribution in [0.1, 0.15) is 35.3 Å². The third-order valence-electron chi connectivity index (χ3n) is 5.91. The van der Waals surface area contributed by atoms with Gasteiger partial charge in [-0.15, -0.1) is 0 Å². The Labute approximate surface area is 197 Å². The molecule has 0 spiro atoms. The van der Waals surface area contributed by atoms with Gasteiger partial charge in [-0.3, -0.25) is 4.79 Å². The minimum atomic E-state index is -3.71. The molecular formula is C25H25F2N3O3S. The normalized spacial score (nSPS) is 18.0. The summed E-state index contributed by atoms with van der Waals surface area (Å²) in [6, 6.07) is 15.4. The van der Waals surface area contributed by atoms with Crippen LogP contribution in [0.15, 0.2) is 71.6 Å². The molecule has 178 valence electrons. The number of rotatable bonds is 5. The van der Waals surface area contributed by atoms with Crippen LogP contribution < -0.4 is 10.2 Å². The first-order valence-electron chi connectivity index (χ1n) is 10.8. The zero-order valence-electron chi connectivity index (χ0n) is 19.0. The molecule has 1 amide bonds. The smallest absolute Gasteiger partial charge is 0.258 e. The van der Waals surface area contributed by atoms with E-state index in [1.807, 2.05) is 6.92 Å². The SMILES string of the molecule is C[C@H]1C[C@H](Nc2ccc(F)cc2)c2cc(F)ccc2N1C(=O)c1cccc(S(=O)(=O)N(C)C)c1. The molecule has 0 bridgehead atoms. The fraction of sp³-hybridized carbons (Fsp3) is 0.240. The summed E-state index contributed by atoms with van der Waals surface area (Å²) in [5.74, 6) is -1.17. The zero-order chi connectivity index (χ0) is 24.6. The van der Waals surface area contributed by atoms with E-state index >= 15 is 0 Å². The zero-order valence-corrected chi connectivity index (χ0v) is 19.8. The van der Waals surface area contributed by atoms with Crippen molar-refractivity contribution in [2.45, 2.75) is 30.3 Å². The van der Waals surface area contributed by atoms with Crippen LogP contribution in [0.25, 0.3) is 0 Å². The second-order valence-corrected chi connectivity index (χ2v) is 10.6. The molecule has 2 atom stereocenters. The highest BCUT2D eigenvalue weighted by molar-refractivity contribution is 7.89. The van der Waals surface area contributed by atoms with Crippen molar-refractivity contribution in [3.63, 3.8) is 0 Å². The molecule has 4 rings (SSSR count). The molecule has 1 aliphatic heterocycles. The van der Waals surface area contributed by atoms with Gasteiger partial charge in [-0.25, -0.2) is 21.5 Å². The molecule has 9 heteroatoms. The highest BCUT2D eigenvalue weighted by atomic mass is 32.2. The van der Waals surface area contributed by atoms with Crippen LogP contribution in [0, 0.1) is 11.6 Å². The average molecular weight is 486 g/mol. The molecule has 34 heavy (non-hydrogen) atoms. The maximum atomic E-state index is 14.2. The summed E-state index contributed by atoms with van der Waals surface area (Å²) >= 11 is 0. The Balaban J connectivity index is 1.71. The van der Waals surface area contributed by atoms with Gasteiger partial charge in [-0.1, -0.05) is 6.07 Å². The Morgan fingerprint density at radius 2 is 1.68 bits per heavy atom. The summed E-state index contributed by atoms with van der Waals surface area (Å²) in [4.78, 5) is 15.2. The Hall–Kier alpha value is -3.30. The number of nitrogens with one attached hydrogen (secondary N) is 1. The van der Waals surface area contributed by atoms with E-state index in [-0.39, 0.29) is 34.3 Å². The Bertz CT molecular complexity index is 1330. The molecule has 0 saturated carbocycles. The van der Waals surface area contributed by atoms with Crippen LogP contribution >= 0.6 is 0 Å². The van der Waals surface area contributed by atoms with Gasteiger partial charge in [0.25, 0.3) is 5.91 Å². The molecule has 1 N–H and O–H groups in total. The highest BCUT2D eigenvalue weighted by Gasteiger charge is 2.35. The molecule has 1 heterocycles. The molecule has 1 aliphatic rings. The Morgan fingerprint density at radius 3 is 2.35 bits per heavy atom. The lowest BCUT2D eigenvalue weighted by atomic mass is 9.90. The van der Waals surface area contributed by atoms with Crippen LogP contribution in [0.5, 0.6) is 0 Å². The van der Waals surface area contributed by atoms with Crippen molar-refractivity contribution in [2.24, 2.45) is 0 Å². The van der Waals surface area contributed by atoms with E-state index in [4.69, 9.17) is 0 Å². The van der Waals surface area contributed by atoms with Crippen molar-refractivity contribution >= 4 is 27.3 Å². The number of hydrogen-bond acceptors (Lipinski definition) is 4. The second-order valence-electron chi connectivity index (χ2n) is 8.48. The van der Waals surface area contributed by atoms with E-state index < -0.39 is 15.8 Å². The van der Waals surface area contributed by atoms with Crippen molar-refractivity contribution in [2.75, 3.05) is 24.3 Å². The highest BCUT2D eigenvalue weighted by Crippen LogP contribution is 2.40. The average Bonchev–Trinajstić information content (AvgIpc) is 2.80. The predicted molar refractivity (Wildman–Crippen MR) is 127 cm³/mol. The first kappa shape index (κ1) is 23.8. The lowest BCUT2D eigenvalue weighted by Crippen LogP contribution is -2.44. The molecular weight excluding hydrogens is 460 g/mol. The standard InChI is InChI=1S/C25H25F2N3O3S/c1-16-13-23(28-20-10-7-18(26)8-11-20)22-15-19(27)9-12-24(22)30(16)25(31)17-5-4-6-21(14-17)34(32,33)29(2)3/h4-12,14-16,23,28H,13H2,1-3H3/t16-,23-/m0/s1. The largest absolute Gasteiger partial charge is 0.378 e. The maximum Gasteiger partial charge on any atom is 0.258 e. The number of carbonyl (C=O) groups excluding carboxylic acids is 1. The minimum Gasteiger partial charge on any atom is -0.378 e. The molecule has 0 aromatic heterocycles. The van der Waals surface area contributed by atoms with Gasteiger partial charge in [0.2, 0.25) is 10.0 Å². The van der Waals surface area contributed by atoms with Crippen molar-refractivity contribution in [3.8, 4) is 0 Å². The lowest BCUT2D eigenvalue weighted by molar-refractivity contribution is 0.0974. The van der Waals surface area contributed by atoms with E-state index in [9.17, 15) is 22.0 Å². The van der Waals surface area contributed by atoms with Gasteiger partial charge in [-0.2, -0.15) is 0 Å². The summed E-state index contributed by atoms with van der Waals surface area (Å²) < 4.78 is 53.7. The Morgan fingerprint density at radius 1 is 1.00 bits per heavy atom. The molecule has 0 fully saturated rings. The van der Waals surface area contributed by atoms with E-state index in [1.54, 1.807) is 29.2 Å². The number of carbonyl (C=O) groups is 1. The number of benzene rings is 3. The van der Waals surface area contributed by atoms with Gasteiger partial charge in [0.1, 0.15) is 11.6 Å². The lowest BCUT2D eigenvalue weighted by Gasteiger charge is -2.40. The van der Waals surface area contributed by atoms with Crippen molar-refractivity contribution in [3.05, 3.63) is 89.5 Å². The number of nitrogens with zero attached hydrogens (tertiary/aromatic N) is 2. The summed E-state index contributed by atoms with van der Waals surface area (Å²) in [5, 5.41) is 3.31. The summed E-state index contributed by atoms with van der Waals surface area (Å²) in [6.07, 6.45) is 0.468. The van der Waals surface area contributed by atoms with Crippen LogP contribution in [0.4, 0.5) is 20.2 Å². The van der Waals surface area contributed by atoms with Crippen LogP contribution in [0.3, 0.4) is 0 Å². The Kier molecular flexibility index (Phi) is 6.42. The number of halogens is 2. The van der Waals surface area contributed by atoms with E-state index in [0.717, 1.165) is 4.31 Å². The number of amides is 1. The van der Waals surface area contributed by atoms with E-state index in [2.05, 4.69) is 5.32 Å².